The molecule has 5 aromatic heterocycles. The van der Waals surface area contributed by atoms with Gasteiger partial charge in [-0.25, -0.2) is 33.4 Å². The number of benzene rings is 2. The lowest BCUT2D eigenvalue weighted by molar-refractivity contribution is 0.0676. The van der Waals surface area contributed by atoms with Crippen molar-refractivity contribution in [2.75, 3.05) is 24.0 Å². The van der Waals surface area contributed by atoms with Gasteiger partial charge in [0.05, 0.1) is 51.6 Å². The monoisotopic (exact) mass is 945 g/mol. The van der Waals surface area contributed by atoms with Crippen LogP contribution >= 0.6 is 23.5 Å². The number of rotatable bonds is 14. The van der Waals surface area contributed by atoms with Gasteiger partial charge in [-0.3, -0.25) is 0 Å². The minimum absolute atomic E-state index is 0.0506. The van der Waals surface area contributed by atoms with E-state index in [0.717, 1.165) is 78.6 Å². The lowest BCUT2D eigenvalue weighted by Gasteiger charge is -2.08. The van der Waals surface area contributed by atoms with Gasteiger partial charge in [-0.05, 0) is 62.8 Å². The maximum absolute atomic E-state index is 11.9. The Kier molecular flexibility index (Phi) is 12.2. The Morgan fingerprint density at radius 2 is 1.04 bits per heavy atom. The lowest BCUT2D eigenvalue weighted by Crippen LogP contribution is -2.13. The van der Waals surface area contributed by atoms with E-state index in [1.807, 2.05) is 6.07 Å². The van der Waals surface area contributed by atoms with Crippen molar-refractivity contribution in [3.8, 4) is 35.4 Å². The first-order valence-electron chi connectivity index (χ1n) is 18.2. The fraction of sp³-hybridized carbons (Fsp3) is 0.108. The second kappa shape index (κ2) is 17.9. The molecule has 2 aromatic carbocycles. The van der Waals surface area contributed by atoms with Crippen molar-refractivity contribution in [2.24, 2.45) is 20.5 Å². The molecular formula is C37H27N19O9S2. The number of aromatic hydroxyl groups is 1. The first-order valence-corrected chi connectivity index (χ1v) is 20.7. The SMILES string of the molecule is [C-]#[N+]c1c(SC)nn(-c2cc(C(=O)O)cc(C(=O)O)c2)c1N=Nc1c(C)nn(-c2nc(O)nc(-n3nc(C)c(N=Nc4c(C#N)c(SC)nn4-c4cc(C(=O)O)cc(C(=O)O)c4)c3N)n2)c1N. The smallest absolute Gasteiger partial charge is 0.335 e. The summed E-state index contributed by atoms with van der Waals surface area (Å²) in [5, 5.41) is 93.9. The van der Waals surface area contributed by atoms with Crippen LogP contribution in [0.5, 0.6) is 6.01 Å². The van der Waals surface area contributed by atoms with E-state index < -0.39 is 29.9 Å². The number of aromatic carboxylic acids is 4. The number of nitrogens with zero attached hydrogens (tertiary/aromatic N) is 17. The van der Waals surface area contributed by atoms with Crippen molar-refractivity contribution in [1.29, 1.82) is 5.26 Å². The van der Waals surface area contributed by atoms with Gasteiger partial charge in [0, 0.05) is 0 Å². The zero-order valence-electron chi connectivity index (χ0n) is 34.4. The number of nitrogens with two attached hydrogens (primary N) is 2. The third kappa shape index (κ3) is 8.48. The maximum atomic E-state index is 11.9. The number of thioether (sulfide) groups is 2. The van der Waals surface area contributed by atoms with Crippen molar-refractivity contribution in [2.45, 2.75) is 23.9 Å². The van der Waals surface area contributed by atoms with Crippen LogP contribution in [0.2, 0.25) is 0 Å². The van der Waals surface area contributed by atoms with Gasteiger partial charge in [0.15, 0.2) is 34.6 Å². The molecule has 5 heterocycles. The Balaban J connectivity index is 1.27. The Morgan fingerprint density at radius 1 is 0.642 bits per heavy atom. The summed E-state index contributed by atoms with van der Waals surface area (Å²) in [6.45, 7) is 10.8. The highest BCUT2D eigenvalue weighted by Crippen LogP contribution is 2.41. The fourth-order valence-corrected chi connectivity index (χ4v) is 7.10. The molecule has 0 bridgehead atoms. The zero-order chi connectivity index (χ0) is 48.6. The van der Waals surface area contributed by atoms with Gasteiger partial charge in [-0.15, -0.1) is 44.0 Å². The topological polar surface area (TPSA) is 409 Å². The Labute approximate surface area is 381 Å². The van der Waals surface area contributed by atoms with Gasteiger partial charge in [-0.2, -0.15) is 50.0 Å². The van der Waals surface area contributed by atoms with Crippen LogP contribution in [-0.4, -0.2) is 116 Å². The average molecular weight is 946 g/mol. The summed E-state index contributed by atoms with van der Waals surface area (Å²) in [6, 6.07) is 7.62. The molecule has 67 heavy (non-hydrogen) atoms. The highest BCUT2D eigenvalue weighted by Gasteiger charge is 2.26. The van der Waals surface area contributed by atoms with Crippen LogP contribution in [0.15, 0.2) is 66.9 Å². The van der Waals surface area contributed by atoms with E-state index in [-0.39, 0.29) is 113 Å². The molecule has 0 aliphatic carbocycles. The molecule has 7 rings (SSSR count). The number of azo groups is 2. The van der Waals surface area contributed by atoms with Crippen LogP contribution in [0.1, 0.15) is 58.4 Å². The fourth-order valence-electron chi connectivity index (χ4n) is 6.10. The molecule has 7 aromatic rings. The van der Waals surface area contributed by atoms with Gasteiger partial charge in [0.1, 0.15) is 21.7 Å². The lowest BCUT2D eigenvalue weighted by atomic mass is 10.1. The highest BCUT2D eigenvalue weighted by atomic mass is 32.2. The standard InChI is InChI=1S/C37H27N19O9S2/c1-13-22(45-47-27-21(12-38)29(66-4)51-53(27)19-8-15(31(57)58)6-16(9-19)32(59)60)25(39)55(49-13)35-42-36(44-37(65)43-35)56-26(40)23(14(2)50-56)46-48-28-24(41-3)30(67-5)52-54(28)20-10-17(33(61)62)7-18(11-20)34(63)64/h6-11H,39-40H2,1-2,4-5H3,(H,57,58)(H,59,60)(H,61,62)(H,63,64)(H,42,43,44,65). The molecule has 0 spiro atoms. The summed E-state index contributed by atoms with van der Waals surface area (Å²) < 4.78 is 4.06. The molecule has 0 saturated carbocycles. The Hall–Kier alpha value is -9.55. The molecule has 30 heteroatoms. The van der Waals surface area contributed by atoms with Crippen molar-refractivity contribution in [1.82, 2.24) is 54.1 Å². The Bertz CT molecular complexity index is 3130. The van der Waals surface area contributed by atoms with Crippen LogP contribution in [0.25, 0.3) is 28.1 Å². The molecule has 336 valence electrons. The van der Waals surface area contributed by atoms with Gasteiger partial charge in [-0.1, -0.05) is 0 Å². The number of carboxylic acids is 4. The third-order valence-electron chi connectivity index (χ3n) is 9.15. The van der Waals surface area contributed by atoms with Crippen molar-refractivity contribution < 1.29 is 44.7 Å². The number of nitriles is 1. The first-order chi connectivity index (χ1) is 31.9. The first kappa shape index (κ1) is 45.5. The number of hydrogen-bond donors (Lipinski definition) is 7. The van der Waals surface area contributed by atoms with E-state index in [2.05, 4.69) is 60.6 Å². The number of aromatic nitrogens is 11. The minimum Gasteiger partial charge on any atom is -0.479 e. The molecule has 0 atom stereocenters. The number of carboxylic acid groups (broad SMARTS) is 4. The molecule has 0 radical (unpaired) electrons. The zero-order valence-corrected chi connectivity index (χ0v) is 36.0. The number of aryl methyl sites for hydroxylation is 2. The summed E-state index contributed by atoms with van der Waals surface area (Å²) >= 11 is 2.13. The average Bonchev–Trinajstić information content (AvgIpc) is 4.02. The van der Waals surface area contributed by atoms with Crippen LogP contribution in [0, 0.1) is 31.8 Å². The molecule has 0 amide bonds. The van der Waals surface area contributed by atoms with Crippen LogP contribution < -0.4 is 11.5 Å². The molecule has 0 unspecified atom stereocenters. The molecule has 28 nitrogen and oxygen atoms in total. The second-order valence-corrected chi connectivity index (χ2v) is 14.9. The molecule has 0 aliphatic rings. The number of anilines is 2. The van der Waals surface area contributed by atoms with Crippen molar-refractivity contribution in [3.63, 3.8) is 0 Å². The van der Waals surface area contributed by atoms with E-state index in [4.69, 9.17) is 18.0 Å². The Morgan fingerprint density at radius 3 is 1.43 bits per heavy atom. The van der Waals surface area contributed by atoms with Gasteiger partial charge in [0.25, 0.3) is 17.6 Å². The molecule has 0 fully saturated rings. The van der Waals surface area contributed by atoms with Crippen LogP contribution in [-0.2, 0) is 0 Å². The summed E-state index contributed by atoms with van der Waals surface area (Å²) in [5.41, 5.74) is 11.2. The van der Waals surface area contributed by atoms with Gasteiger partial charge in [0.2, 0.25) is 0 Å². The third-order valence-corrected chi connectivity index (χ3v) is 10.5. The molecule has 0 aliphatic heterocycles. The number of carbonyl (C=O) groups is 4. The van der Waals surface area contributed by atoms with Gasteiger partial charge < -0.3 is 37.0 Å². The minimum atomic E-state index is -1.42. The number of hydrogen-bond acceptors (Lipinski definition) is 21. The van der Waals surface area contributed by atoms with E-state index in [9.17, 15) is 50.0 Å². The summed E-state index contributed by atoms with van der Waals surface area (Å²) in [5.74, 6) is -7.33. The van der Waals surface area contributed by atoms with E-state index >= 15 is 0 Å². The quantitative estimate of drug-likeness (QED) is 0.0396. The largest absolute Gasteiger partial charge is 0.479 e. The summed E-state index contributed by atoms with van der Waals surface area (Å²) in [7, 11) is 0. The van der Waals surface area contributed by atoms with Gasteiger partial charge >= 0.3 is 29.9 Å². The summed E-state index contributed by atoms with van der Waals surface area (Å²) in [6.07, 6.45) is 3.25. The highest BCUT2D eigenvalue weighted by molar-refractivity contribution is 7.98. The van der Waals surface area contributed by atoms with E-state index in [1.165, 1.54) is 13.8 Å². The number of nitrogen functional groups attached to an aromatic ring is 2. The predicted octanol–water partition coefficient (Wildman–Crippen LogP) is 5.59. The van der Waals surface area contributed by atoms with E-state index in [1.54, 1.807) is 12.5 Å². The predicted molar refractivity (Wildman–Crippen MR) is 232 cm³/mol. The molecular weight excluding hydrogens is 919 g/mol. The normalized spacial score (nSPS) is 11.3. The second-order valence-electron chi connectivity index (χ2n) is 13.3. The maximum Gasteiger partial charge on any atom is 0.335 e. The van der Waals surface area contributed by atoms with Crippen LogP contribution in [0.3, 0.4) is 0 Å². The molecule has 9 N–H and O–H groups in total. The van der Waals surface area contributed by atoms with Crippen molar-refractivity contribution >= 4 is 87.7 Å². The van der Waals surface area contributed by atoms with Crippen LogP contribution in [0.4, 0.5) is 40.3 Å². The molecule has 0 saturated heterocycles. The summed E-state index contributed by atoms with van der Waals surface area (Å²) in [4.78, 5) is 63.2. The van der Waals surface area contributed by atoms with Crippen molar-refractivity contribution in [3.05, 3.63) is 87.0 Å². The van der Waals surface area contributed by atoms with E-state index in [0.29, 0.717) is 0 Å².